The number of methoxy groups -OCH3 is 1. The topological polar surface area (TPSA) is 46.5 Å². The fourth-order valence-electron chi connectivity index (χ4n) is 1.44. The molecule has 0 aromatic carbocycles. The number of halogens is 3. The molecule has 2 atom stereocenters. The molecule has 0 radical (unpaired) electrons. The number of aliphatic hydroxyl groups excluding tert-OH is 1. The van der Waals surface area contributed by atoms with Gasteiger partial charge in [0, 0.05) is 6.42 Å². The molecule has 0 spiro atoms. The lowest BCUT2D eigenvalue weighted by Gasteiger charge is -2.20. The monoisotopic (exact) mass is 268 g/mol. The Morgan fingerprint density at radius 3 is 2.33 bits per heavy atom. The second-order valence-corrected chi connectivity index (χ2v) is 4.37. The zero-order valence-corrected chi connectivity index (χ0v) is 10.8. The number of rotatable bonds is 6. The number of ether oxygens (including phenoxy) is 1. The lowest BCUT2D eigenvalue weighted by atomic mass is 9.94. The number of carbonyl (C=O) groups excluding carboxylic acids is 1. The minimum Gasteiger partial charge on any atom is -0.469 e. The van der Waals surface area contributed by atoms with Crippen LogP contribution in [-0.4, -0.2) is 30.5 Å². The molecular weight excluding hydrogens is 249 g/mol. The van der Waals surface area contributed by atoms with Crippen molar-refractivity contribution in [1.82, 2.24) is 0 Å². The van der Waals surface area contributed by atoms with Gasteiger partial charge in [0.15, 0.2) is 0 Å². The van der Waals surface area contributed by atoms with Crippen LogP contribution in [0.2, 0.25) is 0 Å². The van der Waals surface area contributed by atoms with Crippen molar-refractivity contribution in [2.24, 2.45) is 5.92 Å². The largest absolute Gasteiger partial charge is 0.469 e. The van der Waals surface area contributed by atoms with E-state index in [2.05, 4.69) is 4.74 Å². The van der Waals surface area contributed by atoms with Crippen LogP contribution in [0, 0.1) is 5.92 Å². The molecule has 0 heterocycles. The lowest BCUT2D eigenvalue weighted by Crippen LogP contribution is -2.30. The fraction of sp³-hybridized carbons (Fsp3) is 0.750. The third-order valence-electron chi connectivity index (χ3n) is 2.47. The van der Waals surface area contributed by atoms with Crippen molar-refractivity contribution in [3.63, 3.8) is 0 Å². The molecule has 0 aliphatic carbocycles. The van der Waals surface area contributed by atoms with Gasteiger partial charge in [-0.3, -0.25) is 4.79 Å². The van der Waals surface area contributed by atoms with Crippen molar-refractivity contribution in [2.75, 3.05) is 7.11 Å². The Hall–Kier alpha value is -1.04. The van der Waals surface area contributed by atoms with Crippen LogP contribution in [0.3, 0.4) is 0 Å². The molecule has 3 nitrogen and oxygen atoms in total. The Labute approximate surface area is 105 Å². The second kappa shape index (κ2) is 7.41. The summed E-state index contributed by atoms with van der Waals surface area (Å²) in [6.07, 6.45) is -5.43. The molecule has 0 saturated heterocycles. The van der Waals surface area contributed by atoms with Gasteiger partial charge in [0.1, 0.15) is 0 Å². The molecule has 0 aliphatic rings. The highest BCUT2D eigenvalue weighted by Gasteiger charge is 2.32. The van der Waals surface area contributed by atoms with Crippen LogP contribution in [0.5, 0.6) is 0 Å². The number of esters is 1. The van der Waals surface area contributed by atoms with E-state index in [9.17, 15) is 23.1 Å². The highest BCUT2D eigenvalue weighted by Crippen LogP contribution is 2.25. The van der Waals surface area contributed by atoms with E-state index in [1.54, 1.807) is 19.9 Å². The van der Waals surface area contributed by atoms with Gasteiger partial charge in [-0.2, -0.15) is 13.2 Å². The van der Waals surface area contributed by atoms with Crippen molar-refractivity contribution in [3.05, 3.63) is 11.6 Å². The molecule has 6 heteroatoms. The van der Waals surface area contributed by atoms with Crippen LogP contribution < -0.4 is 0 Å². The molecule has 0 rings (SSSR count). The summed E-state index contributed by atoms with van der Waals surface area (Å²) in [7, 11) is 1.15. The van der Waals surface area contributed by atoms with E-state index in [1.807, 2.05) is 0 Å². The molecule has 0 aromatic heterocycles. The molecule has 0 saturated carbocycles. The van der Waals surface area contributed by atoms with E-state index in [4.69, 9.17) is 0 Å². The normalized spacial score (nSPS) is 14.8. The van der Waals surface area contributed by atoms with E-state index in [0.29, 0.717) is 0 Å². The van der Waals surface area contributed by atoms with E-state index >= 15 is 0 Å². The number of alkyl halides is 3. The first-order valence-electron chi connectivity index (χ1n) is 5.63. The molecule has 0 amide bonds. The predicted octanol–water partition coefficient (Wildman–Crippen LogP) is 2.84. The Kier molecular flexibility index (Phi) is 6.98. The Morgan fingerprint density at radius 2 is 1.94 bits per heavy atom. The first-order valence-corrected chi connectivity index (χ1v) is 5.63. The van der Waals surface area contributed by atoms with Crippen molar-refractivity contribution < 1.29 is 27.8 Å². The number of carbonyl (C=O) groups is 1. The standard InChI is InChI=1S/C12H19F3O3/c1-8(2)4-5-9(11(17)18-3)10(16)6-7-12(13,14)15/h4,9-10,16H,5-7H2,1-3H3/t9-,10-/m1/s1. The number of allylic oxidation sites excluding steroid dienone is 2. The molecular formula is C12H19F3O3. The van der Waals surface area contributed by atoms with Crippen molar-refractivity contribution in [1.29, 1.82) is 0 Å². The van der Waals surface area contributed by atoms with Crippen molar-refractivity contribution >= 4 is 5.97 Å². The fourth-order valence-corrected chi connectivity index (χ4v) is 1.44. The molecule has 106 valence electrons. The maximum Gasteiger partial charge on any atom is 0.389 e. The van der Waals surface area contributed by atoms with Crippen LogP contribution in [0.4, 0.5) is 13.2 Å². The van der Waals surface area contributed by atoms with Crippen LogP contribution in [0.15, 0.2) is 11.6 Å². The molecule has 0 unspecified atom stereocenters. The van der Waals surface area contributed by atoms with E-state index in [1.165, 1.54) is 0 Å². The predicted molar refractivity (Wildman–Crippen MR) is 60.8 cm³/mol. The lowest BCUT2D eigenvalue weighted by molar-refractivity contribution is -0.155. The first kappa shape index (κ1) is 17.0. The molecule has 1 N–H and O–H groups in total. The average Bonchev–Trinajstić information content (AvgIpc) is 2.24. The van der Waals surface area contributed by atoms with Crippen LogP contribution >= 0.6 is 0 Å². The highest BCUT2D eigenvalue weighted by atomic mass is 19.4. The SMILES string of the molecule is COC(=O)[C@H](CC=C(C)C)[C@H](O)CCC(F)(F)F. The van der Waals surface area contributed by atoms with Crippen molar-refractivity contribution in [3.8, 4) is 0 Å². The summed E-state index contributed by atoms with van der Waals surface area (Å²) < 4.78 is 40.6. The van der Waals surface area contributed by atoms with Gasteiger partial charge in [-0.15, -0.1) is 0 Å². The van der Waals surface area contributed by atoms with Gasteiger partial charge in [-0.05, 0) is 26.7 Å². The number of hydrogen-bond acceptors (Lipinski definition) is 3. The summed E-state index contributed by atoms with van der Waals surface area (Å²) in [6, 6.07) is 0. The second-order valence-electron chi connectivity index (χ2n) is 4.37. The van der Waals surface area contributed by atoms with E-state index in [-0.39, 0.29) is 6.42 Å². The van der Waals surface area contributed by atoms with E-state index < -0.39 is 37.0 Å². The Balaban J connectivity index is 4.55. The quantitative estimate of drug-likeness (QED) is 0.595. The van der Waals surface area contributed by atoms with E-state index in [0.717, 1.165) is 12.7 Å². The van der Waals surface area contributed by atoms with Gasteiger partial charge in [0.05, 0.1) is 19.1 Å². The Morgan fingerprint density at radius 1 is 1.39 bits per heavy atom. The average molecular weight is 268 g/mol. The van der Waals surface area contributed by atoms with Crippen LogP contribution in [0.25, 0.3) is 0 Å². The van der Waals surface area contributed by atoms with Crippen LogP contribution in [-0.2, 0) is 9.53 Å². The number of hydrogen-bond donors (Lipinski definition) is 1. The van der Waals surface area contributed by atoms with Gasteiger partial charge in [-0.1, -0.05) is 11.6 Å². The number of aliphatic hydroxyl groups is 1. The minimum atomic E-state index is -4.34. The zero-order chi connectivity index (χ0) is 14.3. The maximum atomic E-state index is 12.0. The van der Waals surface area contributed by atoms with Gasteiger partial charge < -0.3 is 9.84 Å². The first-order chi connectivity index (χ1) is 8.17. The summed E-state index contributed by atoms with van der Waals surface area (Å²) in [5, 5.41) is 9.66. The summed E-state index contributed by atoms with van der Waals surface area (Å²) in [5.41, 5.74) is 0.923. The molecule has 0 fully saturated rings. The Bertz CT molecular complexity index is 293. The molecule has 0 bridgehead atoms. The highest BCUT2D eigenvalue weighted by molar-refractivity contribution is 5.73. The third-order valence-corrected chi connectivity index (χ3v) is 2.47. The van der Waals surface area contributed by atoms with Gasteiger partial charge in [0.25, 0.3) is 0 Å². The van der Waals surface area contributed by atoms with Crippen molar-refractivity contribution in [2.45, 2.75) is 45.4 Å². The van der Waals surface area contributed by atoms with Crippen LogP contribution in [0.1, 0.15) is 33.1 Å². The molecule has 18 heavy (non-hydrogen) atoms. The minimum absolute atomic E-state index is 0.175. The zero-order valence-electron chi connectivity index (χ0n) is 10.8. The van der Waals surface area contributed by atoms with Gasteiger partial charge in [-0.25, -0.2) is 0 Å². The maximum absolute atomic E-state index is 12.0. The smallest absolute Gasteiger partial charge is 0.389 e. The van der Waals surface area contributed by atoms with Gasteiger partial charge in [0.2, 0.25) is 0 Å². The summed E-state index contributed by atoms with van der Waals surface area (Å²) in [4.78, 5) is 11.4. The third kappa shape index (κ3) is 7.32. The summed E-state index contributed by atoms with van der Waals surface area (Å²) in [5.74, 6) is -1.64. The van der Waals surface area contributed by atoms with Gasteiger partial charge >= 0.3 is 12.1 Å². The summed E-state index contributed by atoms with van der Waals surface area (Å²) in [6.45, 7) is 3.60. The summed E-state index contributed by atoms with van der Waals surface area (Å²) >= 11 is 0. The molecule has 0 aliphatic heterocycles. The molecule has 0 aromatic rings.